The van der Waals surface area contributed by atoms with Crippen molar-refractivity contribution >= 4 is 11.6 Å². The van der Waals surface area contributed by atoms with Crippen molar-refractivity contribution < 1.29 is 0 Å². The molecule has 1 aromatic carbocycles. The van der Waals surface area contributed by atoms with Gasteiger partial charge in [-0.25, -0.2) is 0 Å². The molecule has 4 heteroatoms. The molecule has 2 N–H and O–H groups in total. The van der Waals surface area contributed by atoms with E-state index in [1.807, 2.05) is 7.05 Å². The Kier molecular flexibility index (Phi) is 5.27. The third kappa shape index (κ3) is 3.89. The standard InChI is InChI=1S/C16H26N4/c1-4-10-18-16(17-3)19-14-9-11-20(12-14)15-7-5-13(2)6-8-15/h5-8,14H,4,9-12H2,1-3H3,(H2,17,18,19). The van der Waals surface area contributed by atoms with Crippen LogP contribution in [0.1, 0.15) is 25.3 Å². The molecule has 0 bridgehead atoms. The Hall–Kier alpha value is -1.71. The summed E-state index contributed by atoms with van der Waals surface area (Å²) in [6, 6.07) is 9.25. The third-order valence-electron chi connectivity index (χ3n) is 3.69. The lowest BCUT2D eigenvalue weighted by molar-refractivity contribution is 0.647. The Balaban J connectivity index is 1.87. The van der Waals surface area contributed by atoms with Gasteiger partial charge in [0, 0.05) is 38.4 Å². The highest BCUT2D eigenvalue weighted by Crippen LogP contribution is 2.20. The number of aryl methyl sites for hydroxylation is 1. The Morgan fingerprint density at radius 2 is 2.10 bits per heavy atom. The Morgan fingerprint density at radius 3 is 2.75 bits per heavy atom. The third-order valence-corrected chi connectivity index (χ3v) is 3.69. The van der Waals surface area contributed by atoms with E-state index in [4.69, 9.17) is 0 Å². The van der Waals surface area contributed by atoms with E-state index in [-0.39, 0.29) is 0 Å². The summed E-state index contributed by atoms with van der Waals surface area (Å²) < 4.78 is 0. The predicted molar refractivity (Wildman–Crippen MR) is 86.6 cm³/mol. The second-order valence-electron chi connectivity index (χ2n) is 5.41. The molecular formula is C16H26N4. The summed E-state index contributed by atoms with van der Waals surface area (Å²) in [4.78, 5) is 6.71. The summed E-state index contributed by atoms with van der Waals surface area (Å²) in [7, 11) is 1.83. The highest BCUT2D eigenvalue weighted by Gasteiger charge is 2.23. The van der Waals surface area contributed by atoms with E-state index < -0.39 is 0 Å². The molecule has 110 valence electrons. The van der Waals surface area contributed by atoms with Crippen molar-refractivity contribution in [1.82, 2.24) is 10.6 Å². The first kappa shape index (κ1) is 14.7. The van der Waals surface area contributed by atoms with Crippen LogP contribution in [-0.2, 0) is 0 Å². The number of nitrogens with zero attached hydrogens (tertiary/aromatic N) is 2. The average Bonchev–Trinajstić information content (AvgIpc) is 2.92. The van der Waals surface area contributed by atoms with E-state index in [9.17, 15) is 0 Å². The number of guanidine groups is 1. The number of hydrogen-bond acceptors (Lipinski definition) is 2. The van der Waals surface area contributed by atoms with Crippen LogP contribution in [0, 0.1) is 6.92 Å². The van der Waals surface area contributed by atoms with Gasteiger partial charge in [-0.05, 0) is 31.9 Å². The zero-order chi connectivity index (χ0) is 14.4. The average molecular weight is 274 g/mol. The van der Waals surface area contributed by atoms with Crippen LogP contribution < -0.4 is 15.5 Å². The van der Waals surface area contributed by atoms with Crippen LogP contribution in [0.5, 0.6) is 0 Å². The number of nitrogens with one attached hydrogen (secondary N) is 2. The van der Waals surface area contributed by atoms with Crippen LogP contribution in [0.2, 0.25) is 0 Å². The van der Waals surface area contributed by atoms with Gasteiger partial charge in [-0.2, -0.15) is 0 Å². The van der Waals surface area contributed by atoms with Gasteiger partial charge < -0.3 is 15.5 Å². The molecule has 1 heterocycles. The van der Waals surface area contributed by atoms with Crippen LogP contribution in [0.25, 0.3) is 0 Å². The minimum absolute atomic E-state index is 0.472. The van der Waals surface area contributed by atoms with E-state index in [0.717, 1.165) is 38.4 Å². The van der Waals surface area contributed by atoms with Gasteiger partial charge in [0.05, 0.1) is 0 Å². The summed E-state index contributed by atoms with van der Waals surface area (Å²) in [5.74, 6) is 0.919. The van der Waals surface area contributed by atoms with Gasteiger partial charge in [0.1, 0.15) is 0 Å². The zero-order valence-corrected chi connectivity index (χ0v) is 12.8. The molecule has 2 rings (SSSR count). The van der Waals surface area contributed by atoms with Gasteiger partial charge in [0.2, 0.25) is 0 Å². The van der Waals surface area contributed by atoms with Crippen LogP contribution in [-0.4, -0.2) is 38.7 Å². The first-order chi connectivity index (χ1) is 9.72. The van der Waals surface area contributed by atoms with Crippen molar-refractivity contribution in [3.63, 3.8) is 0 Å². The summed E-state index contributed by atoms with van der Waals surface area (Å²) in [6.45, 7) is 7.39. The maximum atomic E-state index is 4.27. The fraction of sp³-hybridized carbons (Fsp3) is 0.562. The van der Waals surface area contributed by atoms with Crippen molar-refractivity contribution in [2.75, 3.05) is 31.6 Å². The molecule has 1 unspecified atom stereocenters. The first-order valence-electron chi connectivity index (χ1n) is 7.51. The molecule has 20 heavy (non-hydrogen) atoms. The Bertz CT molecular complexity index is 438. The van der Waals surface area contributed by atoms with E-state index in [1.54, 1.807) is 0 Å². The molecule has 0 spiro atoms. The van der Waals surface area contributed by atoms with Crippen LogP contribution in [0.15, 0.2) is 29.3 Å². The lowest BCUT2D eigenvalue weighted by Crippen LogP contribution is -2.44. The normalized spacial score (nSPS) is 19.2. The fourth-order valence-corrected chi connectivity index (χ4v) is 2.50. The van der Waals surface area contributed by atoms with Gasteiger partial charge >= 0.3 is 0 Å². The molecule has 1 aliphatic rings. The minimum atomic E-state index is 0.472. The van der Waals surface area contributed by atoms with Crippen molar-refractivity contribution in [2.24, 2.45) is 4.99 Å². The van der Waals surface area contributed by atoms with Gasteiger partial charge in [0.15, 0.2) is 5.96 Å². The van der Waals surface area contributed by atoms with Gasteiger partial charge in [-0.1, -0.05) is 24.6 Å². The Labute approximate surface area is 122 Å². The smallest absolute Gasteiger partial charge is 0.191 e. The second-order valence-corrected chi connectivity index (χ2v) is 5.41. The van der Waals surface area contributed by atoms with E-state index in [0.29, 0.717) is 6.04 Å². The second kappa shape index (κ2) is 7.17. The summed E-state index contributed by atoms with van der Waals surface area (Å²) in [5.41, 5.74) is 2.63. The maximum absolute atomic E-state index is 4.27. The highest BCUT2D eigenvalue weighted by atomic mass is 15.2. The maximum Gasteiger partial charge on any atom is 0.191 e. The molecule has 4 nitrogen and oxygen atoms in total. The number of benzene rings is 1. The number of aliphatic imine (C=N–C) groups is 1. The fourth-order valence-electron chi connectivity index (χ4n) is 2.50. The molecule has 1 saturated heterocycles. The lowest BCUT2D eigenvalue weighted by atomic mass is 10.2. The van der Waals surface area contributed by atoms with E-state index in [2.05, 4.69) is 58.6 Å². The predicted octanol–water partition coefficient (Wildman–Crippen LogP) is 2.15. The number of anilines is 1. The van der Waals surface area contributed by atoms with Gasteiger partial charge in [-0.3, -0.25) is 4.99 Å². The lowest BCUT2D eigenvalue weighted by Gasteiger charge is -2.20. The molecule has 1 aromatic rings. The highest BCUT2D eigenvalue weighted by molar-refractivity contribution is 5.80. The topological polar surface area (TPSA) is 39.7 Å². The summed E-state index contributed by atoms with van der Waals surface area (Å²) in [5, 5.41) is 6.84. The van der Waals surface area contributed by atoms with Gasteiger partial charge in [0.25, 0.3) is 0 Å². The van der Waals surface area contributed by atoms with Gasteiger partial charge in [-0.15, -0.1) is 0 Å². The molecule has 0 amide bonds. The zero-order valence-electron chi connectivity index (χ0n) is 12.8. The summed E-state index contributed by atoms with van der Waals surface area (Å²) in [6.07, 6.45) is 2.27. The molecular weight excluding hydrogens is 248 g/mol. The molecule has 0 saturated carbocycles. The van der Waals surface area contributed by atoms with Crippen LogP contribution >= 0.6 is 0 Å². The van der Waals surface area contributed by atoms with Crippen LogP contribution in [0.4, 0.5) is 5.69 Å². The monoisotopic (exact) mass is 274 g/mol. The SMILES string of the molecule is CCCNC(=NC)NC1CCN(c2ccc(C)cc2)C1. The number of hydrogen-bond donors (Lipinski definition) is 2. The largest absolute Gasteiger partial charge is 0.369 e. The molecule has 0 radical (unpaired) electrons. The van der Waals surface area contributed by atoms with Crippen molar-refractivity contribution in [3.05, 3.63) is 29.8 Å². The molecule has 1 fully saturated rings. The molecule has 1 aliphatic heterocycles. The first-order valence-corrected chi connectivity index (χ1v) is 7.51. The quantitative estimate of drug-likeness (QED) is 0.653. The van der Waals surface area contributed by atoms with Crippen LogP contribution in [0.3, 0.4) is 0 Å². The van der Waals surface area contributed by atoms with Crippen molar-refractivity contribution in [3.8, 4) is 0 Å². The van der Waals surface area contributed by atoms with Crippen molar-refractivity contribution in [2.45, 2.75) is 32.7 Å². The van der Waals surface area contributed by atoms with Crippen molar-refractivity contribution in [1.29, 1.82) is 0 Å². The molecule has 1 atom stereocenters. The Morgan fingerprint density at radius 1 is 1.35 bits per heavy atom. The number of rotatable bonds is 4. The van der Waals surface area contributed by atoms with E-state index in [1.165, 1.54) is 11.3 Å². The minimum Gasteiger partial charge on any atom is -0.369 e. The van der Waals surface area contributed by atoms with E-state index >= 15 is 0 Å². The molecule has 0 aromatic heterocycles. The molecule has 0 aliphatic carbocycles. The summed E-state index contributed by atoms with van der Waals surface area (Å²) >= 11 is 0.